The van der Waals surface area contributed by atoms with Crippen LogP contribution in [-0.4, -0.2) is 11.9 Å². The van der Waals surface area contributed by atoms with E-state index in [0.29, 0.717) is 6.42 Å². The molecule has 0 bridgehead atoms. The maximum atomic E-state index is 13.4. The first-order valence-electron chi connectivity index (χ1n) is 5.57. The van der Waals surface area contributed by atoms with E-state index in [1.54, 1.807) is 24.3 Å². The molecule has 1 amide bonds. The minimum absolute atomic E-state index is 0.0758. The Hall–Kier alpha value is -1.68. The molecule has 0 spiro atoms. The molecule has 0 heterocycles. The molecule has 2 rings (SSSR count). The van der Waals surface area contributed by atoms with Gasteiger partial charge in [0.05, 0.1) is 11.6 Å². The largest absolute Gasteiger partial charge is 0.324 e. The molecule has 4 heteroatoms. The molecule has 1 aliphatic rings. The molecule has 17 heavy (non-hydrogen) atoms. The minimum Gasteiger partial charge on any atom is -0.324 e. The summed E-state index contributed by atoms with van der Waals surface area (Å²) in [7, 11) is 0. The lowest BCUT2D eigenvalue weighted by molar-refractivity contribution is -0.118. The first-order valence-corrected chi connectivity index (χ1v) is 5.57. The van der Waals surface area contributed by atoms with E-state index in [-0.39, 0.29) is 23.6 Å². The van der Waals surface area contributed by atoms with Crippen molar-refractivity contribution in [2.45, 2.75) is 19.4 Å². The molecule has 90 valence electrons. The van der Waals surface area contributed by atoms with Crippen molar-refractivity contribution in [3.05, 3.63) is 41.7 Å². The summed E-state index contributed by atoms with van der Waals surface area (Å²) in [6, 6.07) is 4.55. The maximum absolute atomic E-state index is 13.4. The van der Waals surface area contributed by atoms with Gasteiger partial charge >= 0.3 is 0 Å². The Morgan fingerprint density at radius 1 is 1.47 bits per heavy atom. The van der Waals surface area contributed by atoms with Gasteiger partial charge in [-0.1, -0.05) is 18.2 Å². The van der Waals surface area contributed by atoms with Crippen molar-refractivity contribution in [3.63, 3.8) is 0 Å². The van der Waals surface area contributed by atoms with E-state index in [4.69, 9.17) is 5.73 Å². The van der Waals surface area contributed by atoms with Gasteiger partial charge in [0, 0.05) is 6.04 Å². The summed E-state index contributed by atoms with van der Waals surface area (Å²) in [5, 5.41) is 2.59. The Morgan fingerprint density at radius 2 is 2.24 bits per heavy atom. The smallest absolute Gasteiger partial charge is 0.231 e. The Morgan fingerprint density at radius 3 is 2.88 bits per heavy atom. The molecular weight excluding hydrogens is 219 g/mol. The number of nitrogens with one attached hydrogen (secondary N) is 1. The highest BCUT2D eigenvalue weighted by Crippen LogP contribution is 2.21. The average Bonchev–Trinajstić information content (AvgIpc) is 2.70. The summed E-state index contributed by atoms with van der Waals surface area (Å²) in [5.74, 6) is -0.890. The number of carbonyl (C=O) groups is 1. The summed E-state index contributed by atoms with van der Waals surface area (Å²) in [4.78, 5) is 11.8. The van der Waals surface area contributed by atoms with Crippen molar-refractivity contribution < 1.29 is 9.18 Å². The van der Waals surface area contributed by atoms with Crippen LogP contribution in [0.25, 0.3) is 0 Å². The van der Waals surface area contributed by atoms with Crippen molar-refractivity contribution >= 4 is 11.6 Å². The van der Waals surface area contributed by atoms with Crippen LogP contribution >= 0.6 is 0 Å². The summed E-state index contributed by atoms with van der Waals surface area (Å²) in [5.41, 5.74) is 6.80. The van der Waals surface area contributed by atoms with Gasteiger partial charge in [0.25, 0.3) is 0 Å². The monoisotopic (exact) mass is 234 g/mol. The Balaban J connectivity index is 2.08. The second kappa shape index (κ2) is 4.67. The molecule has 2 unspecified atom stereocenters. The van der Waals surface area contributed by atoms with E-state index in [1.165, 1.54) is 6.07 Å². The van der Waals surface area contributed by atoms with Crippen LogP contribution in [0, 0.1) is 18.7 Å². The summed E-state index contributed by atoms with van der Waals surface area (Å²) < 4.78 is 13.4. The zero-order valence-corrected chi connectivity index (χ0v) is 9.61. The number of hydrogen-bond donors (Lipinski definition) is 2. The molecule has 3 N–H and O–H groups in total. The van der Waals surface area contributed by atoms with Crippen LogP contribution in [0.15, 0.2) is 30.4 Å². The molecule has 0 radical (unpaired) electrons. The highest BCUT2D eigenvalue weighted by molar-refractivity contribution is 5.94. The molecular formula is C13H15FN2O. The van der Waals surface area contributed by atoms with Crippen LogP contribution < -0.4 is 11.1 Å². The zero-order valence-electron chi connectivity index (χ0n) is 9.61. The standard InChI is InChI=1S/C13H15FN2O/c1-8-2-5-11(14)12(6-8)16-13(17)9-3-4-10(15)7-9/h2-6,9-10H,7,15H2,1H3,(H,16,17). The van der Waals surface area contributed by atoms with Crippen molar-refractivity contribution in [2.24, 2.45) is 11.7 Å². The quantitative estimate of drug-likeness (QED) is 0.769. The van der Waals surface area contributed by atoms with Gasteiger partial charge in [-0.2, -0.15) is 0 Å². The molecule has 1 aromatic rings. The van der Waals surface area contributed by atoms with Gasteiger partial charge in [-0.25, -0.2) is 4.39 Å². The summed E-state index contributed by atoms with van der Waals surface area (Å²) in [6.07, 6.45) is 4.16. The summed E-state index contributed by atoms with van der Waals surface area (Å²) in [6.45, 7) is 1.85. The molecule has 0 fully saturated rings. The number of aryl methyl sites for hydroxylation is 1. The van der Waals surface area contributed by atoms with Gasteiger partial charge in [0.2, 0.25) is 5.91 Å². The normalized spacial score (nSPS) is 22.8. The van der Waals surface area contributed by atoms with Gasteiger partial charge in [-0.3, -0.25) is 4.79 Å². The number of anilines is 1. The number of amides is 1. The van der Waals surface area contributed by atoms with Crippen molar-refractivity contribution in [1.29, 1.82) is 0 Å². The molecule has 1 aromatic carbocycles. The van der Waals surface area contributed by atoms with Gasteiger partial charge in [0.1, 0.15) is 5.82 Å². The molecule has 1 aliphatic carbocycles. The second-order valence-electron chi connectivity index (χ2n) is 4.36. The lowest BCUT2D eigenvalue weighted by Crippen LogP contribution is -2.24. The number of hydrogen-bond acceptors (Lipinski definition) is 2. The van der Waals surface area contributed by atoms with Gasteiger partial charge in [0.15, 0.2) is 0 Å². The SMILES string of the molecule is Cc1ccc(F)c(NC(=O)C2C=CC(N)C2)c1. The molecule has 0 aromatic heterocycles. The fourth-order valence-corrected chi connectivity index (χ4v) is 1.88. The summed E-state index contributed by atoms with van der Waals surface area (Å²) >= 11 is 0. The highest BCUT2D eigenvalue weighted by atomic mass is 19.1. The number of benzene rings is 1. The molecule has 0 saturated carbocycles. The topological polar surface area (TPSA) is 55.1 Å². The number of rotatable bonds is 2. The van der Waals surface area contributed by atoms with Gasteiger partial charge < -0.3 is 11.1 Å². The highest BCUT2D eigenvalue weighted by Gasteiger charge is 2.23. The van der Waals surface area contributed by atoms with E-state index in [0.717, 1.165) is 5.56 Å². The first-order chi connectivity index (χ1) is 8.06. The van der Waals surface area contributed by atoms with E-state index in [2.05, 4.69) is 5.32 Å². The van der Waals surface area contributed by atoms with Crippen LogP contribution in [0.4, 0.5) is 10.1 Å². The fraction of sp³-hybridized carbons (Fsp3) is 0.308. The zero-order chi connectivity index (χ0) is 12.4. The lowest BCUT2D eigenvalue weighted by Gasteiger charge is -2.11. The van der Waals surface area contributed by atoms with Crippen LogP contribution in [0.5, 0.6) is 0 Å². The van der Waals surface area contributed by atoms with Crippen LogP contribution in [-0.2, 0) is 4.79 Å². The van der Waals surface area contributed by atoms with Gasteiger partial charge in [-0.05, 0) is 31.0 Å². The average molecular weight is 234 g/mol. The van der Waals surface area contributed by atoms with Crippen molar-refractivity contribution in [2.75, 3.05) is 5.32 Å². The Kier molecular flexibility index (Phi) is 3.24. The maximum Gasteiger partial charge on any atom is 0.231 e. The number of nitrogens with two attached hydrogens (primary N) is 1. The van der Waals surface area contributed by atoms with Crippen LogP contribution in [0.1, 0.15) is 12.0 Å². The van der Waals surface area contributed by atoms with E-state index >= 15 is 0 Å². The third-order valence-electron chi connectivity index (χ3n) is 2.83. The predicted octanol–water partition coefficient (Wildman–Crippen LogP) is 1.98. The second-order valence-corrected chi connectivity index (χ2v) is 4.36. The molecule has 2 atom stereocenters. The Bertz CT molecular complexity index is 470. The number of halogens is 1. The number of carbonyl (C=O) groups excluding carboxylic acids is 1. The van der Waals surface area contributed by atoms with Crippen LogP contribution in [0.3, 0.4) is 0 Å². The fourth-order valence-electron chi connectivity index (χ4n) is 1.88. The Labute approximate surface area is 99.5 Å². The van der Waals surface area contributed by atoms with E-state index in [9.17, 15) is 9.18 Å². The van der Waals surface area contributed by atoms with Crippen LogP contribution in [0.2, 0.25) is 0 Å². The van der Waals surface area contributed by atoms with Crippen molar-refractivity contribution in [1.82, 2.24) is 0 Å². The third kappa shape index (κ3) is 2.71. The molecule has 3 nitrogen and oxygen atoms in total. The van der Waals surface area contributed by atoms with E-state index in [1.807, 2.05) is 6.92 Å². The first kappa shape index (κ1) is 11.8. The van der Waals surface area contributed by atoms with Crippen molar-refractivity contribution in [3.8, 4) is 0 Å². The van der Waals surface area contributed by atoms with E-state index < -0.39 is 5.82 Å². The molecule has 0 aliphatic heterocycles. The minimum atomic E-state index is -0.421. The van der Waals surface area contributed by atoms with Gasteiger partial charge in [-0.15, -0.1) is 0 Å². The lowest BCUT2D eigenvalue weighted by atomic mass is 10.1. The third-order valence-corrected chi connectivity index (χ3v) is 2.83. The molecule has 0 saturated heterocycles. The predicted molar refractivity (Wildman–Crippen MR) is 65.0 cm³/mol.